The van der Waals surface area contributed by atoms with E-state index in [-0.39, 0.29) is 0 Å². The Morgan fingerprint density at radius 1 is 1.33 bits per heavy atom. The summed E-state index contributed by atoms with van der Waals surface area (Å²) in [5.74, 6) is 1.27. The van der Waals surface area contributed by atoms with Gasteiger partial charge >= 0.3 is 0 Å². The molecule has 1 aromatic carbocycles. The Kier molecular flexibility index (Phi) is 4.99. The number of rotatable bonds is 6. The van der Waals surface area contributed by atoms with E-state index in [1.165, 1.54) is 0 Å². The molecule has 0 fully saturated rings. The second-order valence-corrected chi connectivity index (χ2v) is 4.99. The van der Waals surface area contributed by atoms with Gasteiger partial charge in [0.1, 0.15) is 11.5 Å². The molecule has 0 saturated heterocycles. The van der Waals surface area contributed by atoms with E-state index in [1.807, 2.05) is 0 Å². The van der Waals surface area contributed by atoms with Crippen molar-refractivity contribution in [2.24, 2.45) is 0 Å². The van der Waals surface area contributed by atoms with Crippen LogP contribution in [0.15, 0.2) is 18.2 Å². The van der Waals surface area contributed by atoms with Crippen molar-refractivity contribution in [2.75, 3.05) is 13.7 Å². The predicted octanol–water partition coefficient (Wildman–Crippen LogP) is 2.29. The maximum Gasteiger partial charge on any atom is 0.128 e. The minimum Gasteiger partial charge on any atom is -0.497 e. The quantitative estimate of drug-likeness (QED) is 0.817. The van der Waals surface area contributed by atoms with Crippen LogP contribution in [0.5, 0.6) is 11.5 Å². The smallest absolute Gasteiger partial charge is 0.128 e. The summed E-state index contributed by atoms with van der Waals surface area (Å²) in [5.41, 5.74) is -0.0457. The summed E-state index contributed by atoms with van der Waals surface area (Å²) in [6.07, 6.45) is -0.0863. The van der Waals surface area contributed by atoms with Crippen LogP contribution in [0.1, 0.15) is 38.9 Å². The van der Waals surface area contributed by atoms with Crippen LogP contribution in [0.25, 0.3) is 0 Å². The lowest BCUT2D eigenvalue weighted by Gasteiger charge is -2.19. The van der Waals surface area contributed by atoms with Crippen molar-refractivity contribution < 1.29 is 19.7 Å². The lowest BCUT2D eigenvalue weighted by molar-refractivity contribution is 0.0548. The molecule has 1 rings (SSSR count). The highest BCUT2D eigenvalue weighted by atomic mass is 16.5. The van der Waals surface area contributed by atoms with Crippen LogP contribution in [0.3, 0.4) is 0 Å². The van der Waals surface area contributed by atoms with Gasteiger partial charge in [-0.05, 0) is 32.9 Å². The number of hydrogen-bond donors (Lipinski definition) is 2. The molecule has 0 spiro atoms. The van der Waals surface area contributed by atoms with E-state index in [1.54, 1.807) is 46.1 Å². The Balaban J connectivity index is 2.78. The van der Waals surface area contributed by atoms with Crippen molar-refractivity contribution in [3.8, 4) is 11.5 Å². The third-order valence-corrected chi connectivity index (χ3v) is 2.64. The molecular formula is C14H22O4. The molecular weight excluding hydrogens is 232 g/mol. The van der Waals surface area contributed by atoms with Gasteiger partial charge in [0.05, 0.1) is 25.4 Å². The number of benzene rings is 1. The molecule has 0 radical (unpaired) electrons. The van der Waals surface area contributed by atoms with Crippen molar-refractivity contribution in [1.29, 1.82) is 0 Å². The second kappa shape index (κ2) is 6.07. The number of aliphatic hydroxyl groups is 2. The molecule has 0 aliphatic carbocycles. The predicted molar refractivity (Wildman–Crippen MR) is 70.0 cm³/mol. The SMILES string of the molecule is COc1ccc([C@H](C)O)c(OCCC(C)(C)O)c1. The molecule has 0 amide bonds. The van der Waals surface area contributed by atoms with E-state index in [0.717, 1.165) is 0 Å². The fourth-order valence-electron chi connectivity index (χ4n) is 1.52. The van der Waals surface area contributed by atoms with Crippen molar-refractivity contribution in [3.05, 3.63) is 23.8 Å². The summed E-state index contributed by atoms with van der Waals surface area (Å²) >= 11 is 0. The summed E-state index contributed by atoms with van der Waals surface area (Å²) in [7, 11) is 1.58. The fourth-order valence-corrected chi connectivity index (χ4v) is 1.52. The van der Waals surface area contributed by atoms with Gasteiger partial charge in [-0.2, -0.15) is 0 Å². The van der Waals surface area contributed by atoms with Gasteiger partial charge in [0.25, 0.3) is 0 Å². The molecule has 1 aromatic rings. The molecule has 0 heterocycles. The van der Waals surface area contributed by atoms with Crippen LogP contribution in [0.4, 0.5) is 0 Å². The monoisotopic (exact) mass is 254 g/mol. The van der Waals surface area contributed by atoms with Crippen molar-refractivity contribution in [1.82, 2.24) is 0 Å². The molecule has 0 aliphatic rings. The Labute approximate surface area is 108 Å². The Hall–Kier alpha value is -1.26. The van der Waals surface area contributed by atoms with Gasteiger partial charge < -0.3 is 19.7 Å². The molecule has 0 bridgehead atoms. The van der Waals surface area contributed by atoms with E-state index in [4.69, 9.17) is 9.47 Å². The average molecular weight is 254 g/mol. The first-order valence-corrected chi connectivity index (χ1v) is 6.04. The Morgan fingerprint density at radius 3 is 2.50 bits per heavy atom. The zero-order chi connectivity index (χ0) is 13.8. The fraction of sp³-hybridized carbons (Fsp3) is 0.571. The number of hydrogen-bond acceptors (Lipinski definition) is 4. The van der Waals surface area contributed by atoms with Crippen LogP contribution in [-0.4, -0.2) is 29.5 Å². The Morgan fingerprint density at radius 2 is 2.00 bits per heavy atom. The highest BCUT2D eigenvalue weighted by molar-refractivity contribution is 5.41. The van der Waals surface area contributed by atoms with Gasteiger partial charge in [0.15, 0.2) is 0 Å². The third-order valence-electron chi connectivity index (χ3n) is 2.64. The first kappa shape index (κ1) is 14.8. The average Bonchev–Trinajstić information content (AvgIpc) is 2.26. The van der Waals surface area contributed by atoms with Crippen molar-refractivity contribution >= 4 is 0 Å². The van der Waals surface area contributed by atoms with E-state index in [2.05, 4.69) is 0 Å². The number of ether oxygens (including phenoxy) is 2. The number of aliphatic hydroxyl groups excluding tert-OH is 1. The van der Waals surface area contributed by atoms with Crippen molar-refractivity contribution in [3.63, 3.8) is 0 Å². The van der Waals surface area contributed by atoms with E-state index < -0.39 is 11.7 Å². The van der Waals surface area contributed by atoms with Crippen LogP contribution >= 0.6 is 0 Å². The summed E-state index contributed by atoms with van der Waals surface area (Å²) in [6.45, 7) is 5.54. The topological polar surface area (TPSA) is 58.9 Å². The van der Waals surface area contributed by atoms with Crippen molar-refractivity contribution in [2.45, 2.75) is 38.9 Å². The highest BCUT2D eigenvalue weighted by Crippen LogP contribution is 2.29. The van der Waals surface area contributed by atoms with E-state index in [0.29, 0.717) is 30.1 Å². The normalized spacial score (nSPS) is 13.2. The van der Waals surface area contributed by atoms with Gasteiger partial charge in [-0.25, -0.2) is 0 Å². The summed E-state index contributed by atoms with van der Waals surface area (Å²) < 4.78 is 10.7. The first-order valence-electron chi connectivity index (χ1n) is 6.04. The molecule has 102 valence electrons. The zero-order valence-electron chi connectivity index (χ0n) is 11.4. The second-order valence-electron chi connectivity index (χ2n) is 4.99. The molecule has 2 N–H and O–H groups in total. The Bertz CT molecular complexity index is 380. The third kappa shape index (κ3) is 4.55. The standard InChI is InChI=1S/C14H22O4/c1-10(15)12-6-5-11(17-4)9-13(12)18-8-7-14(2,3)16/h5-6,9-10,15-16H,7-8H2,1-4H3/t10-/m0/s1. The summed E-state index contributed by atoms with van der Waals surface area (Å²) in [4.78, 5) is 0. The molecule has 0 saturated carbocycles. The van der Waals surface area contributed by atoms with Gasteiger partial charge in [-0.15, -0.1) is 0 Å². The van der Waals surface area contributed by atoms with Gasteiger partial charge in [-0.1, -0.05) is 0 Å². The van der Waals surface area contributed by atoms with Gasteiger partial charge in [-0.3, -0.25) is 0 Å². The lowest BCUT2D eigenvalue weighted by Crippen LogP contribution is -2.22. The molecule has 4 nitrogen and oxygen atoms in total. The van der Waals surface area contributed by atoms with Crippen LogP contribution in [-0.2, 0) is 0 Å². The summed E-state index contributed by atoms with van der Waals surface area (Å²) in [6, 6.07) is 5.31. The molecule has 0 aliphatic heterocycles. The van der Waals surface area contributed by atoms with E-state index in [9.17, 15) is 10.2 Å². The minimum absolute atomic E-state index is 0.385. The first-order chi connectivity index (χ1) is 8.33. The minimum atomic E-state index is -0.760. The van der Waals surface area contributed by atoms with Gasteiger partial charge in [0, 0.05) is 18.1 Å². The largest absolute Gasteiger partial charge is 0.497 e. The highest BCUT2D eigenvalue weighted by Gasteiger charge is 2.14. The maximum absolute atomic E-state index is 9.66. The molecule has 1 atom stereocenters. The molecule has 4 heteroatoms. The maximum atomic E-state index is 9.66. The van der Waals surface area contributed by atoms with Crippen LogP contribution < -0.4 is 9.47 Å². The summed E-state index contributed by atoms with van der Waals surface area (Å²) in [5, 5.41) is 19.3. The molecule has 0 unspecified atom stereocenters. The van der Waals surface area contributed by atoms with Crippen LogP contribution in [0.2, 0.25) is 0 Å². The van der Waals surface area contributed by atoms with E-state index >= 15 is 0 Å². The molecule has 18 heavy (non-hydrogen) atoms. The number of methoxy groups -OCH3 is 1. The zero-order valence-corrected chi connectivity index (χ0v) is 11.4. The van der Waals surface area contributed by atoms with Crippen LogP contribution in [0, 0.1) is 0 Å². The van der Waals surface area contributed by atoms with Gasteiger partial charge in [0.2, 0.25) is 0 Å². The molecule has 0 aromatic heterocycles. The lowest BCUT2D eigenvalue weighted by atomic mass is 10.1.